The van der Waals surface area contributed by atoms with Crippen LogP contribution >= 0.6 is 0 Å². The first-order valence-corrected chi connectivity index (χ1v) is 8.66. The van der Waals surface area contributed by atoms with Crippen molar-refractivity contribution in [3.63, 3.8) is 0 Å². The maximum Gasteiger partial charge on any atom is -0.00854 e. The van der Waals surface area contributed by atoms with Crippen molar-refractivity contribution in [3.8, 4) is 0 Å². The third-order valence-corrected chi connectivity index (χ3v) is 7.73. The van der Waals surface area contributed by atoms with Gasteiger partial charge in [0.15, 0.2) is 0 Å². The van der Waals surface area contributed by atoms with E-state index in [-0.39, 0.29) is 0 Å². The average Bonchev–Trinajstić information content (AvgIpc) is 2.43. The van der Waals surface area contributed by atoms with Gasteiger partial charge in [0.25, 0.3) is 0 Å². The van der Waals surface area contributed by atoms with Crippen molar-refractivity contribution in [3.05, 3.63) is 24.8 Å². The Morgan fingerprint density at radius 1 is 1.10 bits per heavy atom. The second-order valence-corrected chi connectivity index (χ2v) is 8.77. The molecule has 0 unspecified atom stereocenters. The number of hydrogen-bond acceptors (Lipinski definition) is 0. The van der Waals surface area contributed by atoms with Gasteiger partial charge >= 0.3 is 0 Å². The Bertz CT molecular complexity index is 433. The van der Waals surface area contributed by atoms with Crippen LogP contribution in [0.5, 0.6) is 0 Å². The highest BCUT2D eigenvalue weighted by molar-refractivity contribution is 5.20. The van der Waals surface area contributed by atoms with Gasteiger partial charge in [-0.1, -0.05) is 39.0 Å². The van der Waals surface area contributed by atoms with E-state index in [1.54, 1.807) is 5.57 Å². The van der Waals surface area contributed by atoms with Gasteiger partial charge in [-0.15, -0.1) is 6.58 Å². The third kappa shape index (κ3) is 1.86. The molecule has 3 aliphatic carbocycles. The highest BCUT2D eigenvalue weighted by Gasteiger charge is 2.57. The summed E-state index contributed by atoms with van der Waals surface area (Å²) in [5.74, 6) is 1.78. The van der Waals surface area contributed by atoms with Crippen molar-refractivity contribution < 1.29 is 0 Å². The molecule has 3 rings (SSSR count). The fourth-order valence-corrected chi connectivity index (χ4v) is 5.99. The second-order valence-electron chi connectivity index (χ2n) is 8.77. The molecule has 0 amide bonds. The summed E-state index contributed by atoms with van der Waals surface area (Å²) in [5.41, 5.74) is 2.94. The van der Waals surface area contributed by atoms with Gasteiger partial charge in [0, 0.05) is 0 Å². The minimum Gasteiger partial charge on any atom is -0.103 e. The number of allylic oxidation sites excluding steroid dienone is 2. The van der Waals surface area contributed by atoms with Crippen molar-refractivity contribution in [2.45, 2.75) is 72.1 Å². The number of fused-ring (bicyclic) bond motifs is 3. The first-order valence-electron chi connectivity index (χ1n) is 8.66. The zero-order valence-corrected chi connectivity index (χ0v) is 13.8. The van der Waals surface area contributed by atoms with Gasteiger partial charge in [-0.05, 0) is 79.4 Å². The van der Waals surface area contributed by atoms with E-state index in [2.05, 4.69) is 40.0 Å². The normalized spacial score (nSPS) is 52.0. The van der Waals surface area contributed by atoms with Gasteiger partial charge in [0.1, 0.15) is 0 Å². The Kier molecular flexibility index (Phi) is 3.23. The SMILES string of the molecule is C=C[C@@]1(C)CC[C@]2(C)[C@@H](CC[C@]3(C)C(=C)CCC[C@H]23)C1. The van der Waals surface area contributed by atoms with E-state index in [1.165, 1.54) is 51.4 Å². The minimum atomic E-state index is 0.392. The number of rotatable bonds is 1. The molecule has 0 bridgehead atoms. The lowest BCUT2D eigenvalue weighted by atomic mass is 9.42. The molecule has 0 saturated heterocycles. The highest BCUT2D eigenvalue weighted by Crippen LogP contribution is 2.66. The minimum absolute atomic E-state index is 0.392. The molecule has 0 aromatic carbocycles. The fraction of sp³-hybridized carbons (Fsp3) is 0.800. The van der Waals surface area contributed by atoms with Gasteiger partial charge in [0.2, 0.25) is 0 Å². The summed E-state index contributed by atoms with van der Waals surface area (Å²) in [4.78, 5) is 0. The maximum atomic E-state index is 4.47. The van der Waals surface area contributed by atoms with Gasteiger partial charge in [-0.3, -0.25) is 0 Å². The summed E-state index contributed by atoms with van der Waals surface area (Å²) in [7, 11) is 0. The Morgan fingerprint density at radius 3 is 2.55 bits per heavy atom. The predicted octanol–water partition coefficient (Wildman–Crippen LogP) is 6.14. The van der Waals surface area contributed by atoms with Crippen LogP contribution in [0.15, 0.2) is 24.8 Å². The Labute approximate surface area is 125 Å². The largest absolute Gasteiger partial charge is 0.103 e. The molecular formula is C20H32. The van der Waals surface area contributed by atoms with E-state index in [9.17, 15) is 0 Å². The van der Waals surface area contributed by atoms with Crippen LogP contribution in [-0.2, 0) is 0 Å². The van der Waals surface area contributed by atoms with Gasteiger partial charge in [0.05, 0.1) is 0 Å². The van der Waals surface area contributed by atoms with Gasteiger partial charge in [-0.25, -0.2) is 0 Å². The quantitative estimate of drug-likeness (QED) is 0.503. The predicted molar refractivity (Wildman–Crippen MR) is 87.6 cm³/mol. The zero-order valence-electron chi connectivity index (χ0n) is 13.8. The molecule has 3 fully saturated rings. The Hall–Kier alpha value is -0.520. The van der Waals surface area contributed by atoms with E-state index in [0.29, 0.717) is 16.2 Å². The smallest absolute Gasteiger partial charge is 0.00854 e. The molecule has 3 aliphatic rings. The zero-order chi connectivity index (χ0) is 14.6. The lowest BCUT2D eigenvalue weighted by Crippen LogP contribution is -2.53. The Balaban J connectivity index is 1.92. The van der Waals surface area contributed by atoms with Crippen LogP contribution in [0.4, 0.5) is 0 Å². The summed E-state index contributed by atoms with van der Waals surface area (Å²) in [6.45, 7) is 16.1. The molecule has 3 saturated carbocycles. The molecule has 20 heavy (non-hydrogen) atoms. The lowest BCUT2D eigenvalue weighted by molar-refractivity contribution is -0.0979. The van der Waals surface area contributed by atoms with Crippen molar-refractivity contribution in [2.24, 2.45) is 28.1 Å². The summed E-state index contributed by atoms with van der Waals surface area (Å²) >= 11 is 0. The topological polar surface area (TPSA) is 0 Å². The van der Waals surface area contributed by atoms with Gasteiger partial charge < -0.3 is 0 Å². The molecule has 5 atom stereocenters. The van der Waals surface area contributed by atoms with Crippen LogP contribution in [0, 0.1) is 28.1 Å². The van der Waals surface area contributed by atoms with Crippen LogP contribution in [0.3, 0.4) is 0 Å². The van der Waals surface area contributed by atoms with Crippen LogP contribution in [0.1, 0.15) is 72.1 Å². The average molecular weight is 272 g/mol. The van der Waals surface area contributed by atoms with Crippen LogP contribution in [0.2, 0.25) is 0 Å². The first-order chi connectivity index (χ1) is 9.34. The summed E-state index contributed by atoms with van der Waals surface area (Å²) in [6, 6.07) is 0. The van der Waals surface area contributed by atoms with E-state index in [0.717, 1.165) is 11.8 Å². The molecular weight excluding hydrogens is 240 g/mol. The molecule has 0 nitrogen and oxygen atoms in total. The molecule has 0 heterocycles. The third-order valence-electron chi connectivity index (χ3n) is 7.73. The maximum absolute atomic E-state index is 4.47. The van der Waals surface area contributed by atoms with Gasteiger partial charge in [-0.2, -0.15) is 0 Å². The molecule has 0 radical (unpaired) electrons. The lowest BCUT2D eigenvalue weighted by Gasteiger charge is -2.62. The van der Waals surface area contributed by atoms with E-state index >= 15 is 0 Å². The monoisotopic (exact) mass is 272 g/mol. The van der Waals surface area contributed by atoms with E-state index < -0.39 is 0 Å². The Morgan fingerprint density at radius 2 is 1.85 bits per heavy atom. The van der Waals surface area contributed by atoms with Crippen molar-refractivity contribution >= 4 is 0 Å². The van der Waals surface area contributed by atoms with E-state index in [1.807, 2.05) is 0 Å². The highest BCUT2D eigenvalue weighted by atomic mass is 14.6. The second kappa shape index (κ2) is 4.49. The van der Waals surface area contributed by atoms with Crippen LogP contribution in [0.25, 0.3) is 0 Å². The molecule has 0 heteroatoms. The molecule has 0 spiro atoms. The first kappa shape index (κ1) is 14.4. The molecule has 0 aromatic rings. The molecule has 0 N–H and O–H groups in total. The molecule has 112 valence electrons. The fourth-order valence-electron chi connectivity index (χ4n) is 5.99. The van der Waals surface area contributed by atoms with Crippen molar-refractivity contribution in [2.75, 3.05) is 0 Å². The summed E-state index contributed by atoms with van der Waals surface area (Å²) in [6.07, 6.45) is 13.2. The summed E-state index contributed by atoms with van der Waals surface area (Å²) < 4.78 is 0. The van der Waals surface area contributed by atoms with E-state index in [4.69, 9.17) is 0 Å². The molecule has 0 aliphatic heterocycles. The summed E-state index contributed by atoms with van der Waals surface area (Å²) in [5, 5.41) is 0. The van der Waals surface area contributed by atoms with Crippen molar-refractivity contribution in [1.29, 1.82) is 0 Å². The van der Waals surface area contributed by atoms with Crippen molar-refractivity contribution in [1.82, 2.24) is 0 Å². The molecule has 0 aromatic heterocycles. The van der Waals surface area contributed by atoms with Crippen LogP contribution < -0.4 is 0 Å². The van der Waals surface area contributed by atoms with Crippen LogP contribution in [-0.4, -0.2) is 0 Å². The standard InChI is InChI=1S/C20H32/c1-6-18(3)12-13-20(5)16(14-18)10-11-19(4)15(2)8-7-9-17(19)20/h6,16-17H,1-2,7-14H2,3-5H3/t16-,17-,18-,19+,20+/m0/s1. The number of hydrogen-bond donors (Lipinski definition) is 0.